The van der Waals surface area contributed by atoms with Crippen molar-refractivity contribution in [2.24, 2.45) is 0 Å². The first-order chi connectivity index (χ1) is 14.5. The number of hydrogen-bond donors (Lipinski definition) is 1. The highest BCUT2D eigenvalue weighted by Crippen LogP contribution is 2.24. The SMILES string of the molecule is O=C(c1ccc(Cl)c(S(=O)(=O)NCC2CCCO2)c1)N1CCCN(CC(F)(F)F)CC1. The van der Waals surface area contributed by atoms with Crippen molar-refractivity contribution in [2.45, 2.75) is 36.4 Å². The Kier molecular flexibility index (Phi) is 7.85. The number of hydrogen-bond acceptors (Lipinski definition) is 5. The van der Waals surface area contributed by atoms with Crippen LogP contribution in [-0.2, 0) is 14.8 Å². The number of carbonyl (C=O) groups is 1. The summed E-state index contributed by atoms with van der Waals surface area (Å²) in [5.41, 5.74) is 0.117. The number of alkyl halides is 3. The molecular formula is C19H25ClF3N3O4S. The number of benzene rings is 1. The summed E-state index contributed by atoms with van der Waals surface area (Å²) in [5, 5.41) is -0.0244. The quantitative estimate of drug-likeness (QED) is 0.672. The van der Waals surface area contributed by atoms with E-state index >= 15 is 0 Å². The number of halogens is 4. The molecule has 0 aromatic heterocycles. The van der Waals surface area contributed by atoms with Crippen LogP contribution in [0.5, 0.6) is 0 Å². The van der Waals surface area contributed by atoms with Crippen LogP contribution in [0.2, 0.25) is 5.02 Å². The highest BCUT2D eigenvalue weighted by atomic mass is 35.5. The highest BCUT2D eigenvalue weighted by molar-refractivity contribution is 7.89. The van der Waals surface area contributed by atoms with Gasteiger partial charge in [-0.25, -0.2) is 13.1 Å². The Morgan fingerprint density at radius 3 is 2.65 bits per heavy atom. The zero-order chi connectivity index (χ0) is 22.6. The molecular weight excluding hydrogens is 459 g/mol. The number of carbonyl (C=O) groups excluding carboxylic acids is 1. The zero-order valence-corrected chi connectivity index (χ0v) is 18.4. The lowest BCUT2D eigenvalue weighted by atomic mass is 10.2. The molecule has 2 fully saturated rings. The fourth-order valence-electron chi connectivity index (χ4n) is 3.70. The first kappa shape index (κ1) is 24.2. The first-order valence-electron chi connectivity index (χ1n) is 10.0. The minimum Gasteiger partial charge on any atom is -0.377 e. The molecule has 0 aliphatic carbocycles. The van der Waals surface area contributed by atoms with Crippen LogP contribution < -0.4 is 4.72 Å². The van der Waals surface area contributed by atoms with E-state index in [9.17, 15) is 26.4 Å². The Morgan fingerprint density at radius 1 is 1.19 bits per heavy atom. The van der Waals surface area contributed by atoms with Gasteiger partial charge in [0.1, 0.15) is 4.90 Å². The number of rotatable bonds is 6. The summed E-state index contributed by atoms with van der Waals surface area (Å²) in [6, 6.07) is 3.96. The first-order valence-corrected chi connectivity index (χ1v) is 11.9. The molecule has 1 aromatic carbocycles. The Labute approximate surface area is 184 Å². The smallest absolute Gasteiger partial charge is 0.377 e. The van der Waals surface area contributed by atoms with Gasteiger partial charge in [-0.2, -0.15) is 13.2 Å². The minimum atomic E-state index is -4.30. The number of nitrogens with one attached hydrogen (secondary N) is 1. The molecule has 3 rings (SSSR count). The standard InChI is InChI=1S/C19H25ClF3N3O4S/c20-16-5-4-14(11-17(16)31(28,29)24-12-15-3-1-10-30-15)18(27)26-7-2-6-25(8-9-26)13-19(21,22)23/h4-5,11,15,24H,1-3,6-10,12-13H2. The Hall–Kier alpha value is -1.40. The summed E-state index contributed by atoms with van der Waals surface area (Å²) >= 11 is 6.08. The lowest BCUT2D eigenvalue weighted by molar-refractivity contribution is -0.145. The van der Waals surface area contributed by atoms with E-state index in [1.165, 1.54) is 28.0 Å². The number of sulfonamides is 1. The number of ether oxygens (including phenoxy) is 1. The maximum Gasteiger partial charge on any atom is 0.401 e. The topological polar surface area (TPSA) is 78.9 Å². The lowest BCUT2D eigenvalue weighted by Crippen LogP contribution is -2.38. The predicted molar refractivity (Wildman–Crippen MR) is 109 cm³/mol. The van der Waals surface area contributed by atoms with Gasteiger partial charge in [-0.15, -0.1) is 0 Å². The predicted octanol–water partition coefficient (Wildman–Crippen LogP) is 2.51. The van der Waals surface area contributed by atoms with E-state index in [2.05, 4.69) is 4.72 Å². The Balaban J connectivity index is 1.69. The fourth-order valence-corrected chi connectivity index (χ4v) is 5.29. The normalized spacial score (nSPS) is 21.3. The molecule has 2 aliphatic rings. The third-order valence-corrected chi connectivity index (χ3v) is 7.18. The van der Waals surface area contributed by atoms with E-state index in [0.29, 0.717) is 13.0 Å². The van der Waals surface area contributed by atoms with Gasteiger partial charge in [0.05, 0.1) is 17.7 Å². The van der Waals surface area contributed by atoms with E-state index in [1.807, 2.05) is 0 Å². The molecule has 1 amide bonds. The molecule has 0 saturated carbocycles. The number of nitrogens with zero attached hydrogens (tertiary/aromatic N) is 2. The van der Waals surface area contributed by atoms with Crippen molar-refractivity contribution in [3.8, 4) is 0 Å². The van der Waals surface area contributed by atoms with Gasteiger partial charge < -0.3 is 9.64 Å². The van der Waals surface area contributed by atoms with Crippen LogP contribution in [-0.4, -0.2) is 82.3 Å². The van der Waals surface area contributed by atoms with Gasteiger partial charge in [-0.3, -0.25) is 9.69 Å². The molecule has 7 nitrogen and oxygen atoms in total. The summed E-state index contributed by atoms with van der Waals surface area (Å²) in [6.45, 7) is 0.413. The largest absolute Gasteiger partial charge is 0.401 e. The Morgan fingerprint density at radius 2 is 1.97 bits per heavy atom. The maximum atomic E-state index is 12.9. The molecule has 2 heterocycles. The van der Waals surface area contributed by atoms with Crippen molar-refractivity contribution in [1.82, 2.24) is 14.5 Å². The van der Waals surface area contributed by atoms with E-state index in [0.717, 1.165) is 12.8 Å². The average molecular weight is 484 g/mol. The van der Waals surface area contributed by atoms with Gasteiger partial charge in [-0.1, -0.05) is 11.6 Å². The van der Waals surface area contributed by atoms with Gasteiger partial charge in [0.15, 0.2) is 0 Å². The summed E-state index contributed by atoms with van der Waals surface area (Å²) in [7, 11) is -3.97. The van der Waals surface area contributed by atoms with E-state index in [-0.39, 0.29) is 54.3 Å². The van der Waals surface area contributed by atoms with Crippen LogP contribution >= 0.6 is 11.6 Å². The monoisotopic (exact) mass is 483 g/mol. The molecule has 1 unspecified atom stereocenters. The molecule has 12 heteroatoms. The van der Waals surface area contributed by atoms with Crippen molar-refractivity contribution < 1.29 is 31.1 Å². The highest BCUT2D eigenvalue weighted by Gasteiger charge is 2.32. The molecule has 1 aromatic rings. The second kappa shape index (κ2) is 10.0. The van der Waals surface area contributed by atoms with E-state index in [1.54, 1.807) is 0 Å². The van der Waals surface area contributed by atoms with Crippen molar-refractivity contribution in [1.29, 1.82) is 0 Å². The van der Waals surface area contributed by atoms with Crippen molar-refractivity contribution in [3.05, 3.63) is 28.8 Å². The van der Waals surface area contributed by atoms with Crippen LogP contribution in [0.4, 0.5) is 13.2 Å². The van der Waals surface area contributed by atoms with Crippen LogP contribution in [0, 0.1) is 0 Å². The molecule has 0 radical (unpaired) electrons. The van der Waals surface area contributed by atoms with Crippen LogP contribution in [0.25, 0.3) is 0 Å². The number of amides is 1. The van der Waals surface area contributed by atoms with Gasteiger partial charge in [0.2, 0.25) is 10.0 Å². The summed E-state index contributed by atoms with van der Waals surface area (Å²) in [5.74, 6) is -0.443. The molecule has 2 aliphatic heterocycles. The van der Waals surface area contributed by atoms with E-state index < -0.39 is 28.7 Å². The third kappa shape index (κ3) is 6.79. The fraction of sp³-hybridized carbons (Fsp3) is 0.632. The van der Waals surface area contributed by atoms with Crippen LogP contribution in [0.3, 0.4) is 0 Å². The van der Waals surface area contributed by atoms with Crippen molar-refractivity contribution in [3.63, 3.8) is 0 Å². The third-order valence-electron chi connectivity index (χ3n) is 5.27. The van der Waals surface area contributed by atoms with Crippen molar-refractivity contribution >= 4 is 27.5 Å². The summed E-state index contributed by atoms with van der Waals surface area (Å²) < 4.78 is 71.2. The van der Waals surface area contributed by atoms with Crippen LogP contribution in [0.15, 0.2) is 23.1 Å². The van der Waals surface area contributed by atoms with Gasteiger partial charge in [0.25, 0.3) is 5.91 Å². The van der Waals surface area contributed by atoms with E-state index in [4.69, 9.17) is 16.3 Å². The molecule has 31 heavy (non-hydrogen) atoms. The second-order valence-electron chi connectivity index (χ2n) is 7.67. The zero-order valence-electron chi connectivity index (χ0n) is 16.8. The molecule has 0 spiro atoms. The van der Waals surface area contributed by atoms with Gasteiger partial charge in [0, 0.05) is 44.9 Å². The molecule has 0 bridgehead atoms. The van der Waals surface area contributed by atoms with Crippen molar-refractivity contribution in [2.75, 3.05) is 45.9 Å². The molecule has 2 saturated heterocycles. The van der Waals surface area contributed by atoms with Gasteiger partial charge >= 0.3 is 6.18 Å². The average Bonchev–Trinajstić information content (AvgIpc) is 3.11. The summed E-state index contributed by atoms with van der Waals surface area (Å²) in [4.78, 5) is 15.4. The molecule has 1 atom stereocenters. The molecule has 174 valence electrons. The Bertz CT molecular complexity index is 892. The minimum absolute atomic E-state index is 0.0244. The maximum absolute atomic E-state index is 12.9. The summed E-state index contributed by atoms with van der Waals surface area (Å²) in [6.07, 6.45) is -2.48. The molecule has 1 N–H and O–H groups in total. The second-order valence-corrected chi connectivity index (χ2v) is 9.81. The lowest BCUT2D eigenvalue weighted by Gasteiger charge is -2.23. The van der Waals surface area contributed by atoms with Gasteiger partial charge in [-0.05, 0) is 37.5 Å². The van der Waals surface area contributed by atoms with Crippen LogP contribution in [0.1, 0.15) is 29.6 Å².